The number of aryl methyl sites for hydroxylation is 1. The molecule has 1 aliphatic carbocycles. The van der Waals surface area contributed by atoms with E-state index in [1.165, 1.54) is 17.3 Å². The fourth-order valence-corrected chi connectivity index (χ4v) is 5.91. The summed E-state index contributed by atoms with van der Waals surface area (Å²) in [5, 5.41) is 0.598. The molecule has 0 spiro atoms. The van der Waals surface area contributed by atoms with Gasteiger partial charge in [0.25, 0.3) is 5.23 Å². The standard InChI is InChI=1S/C19H18I2N2O2S/c1-19-10-3-2-7-14(19)22-18(25-19)26-11-16(24)23-15(21)9-8-12-5-4-6-13(20)17(12)23/h2-7,15H,8-11H2,1H3. The SMILES string of the molecule is CC12CC=CC=C1N=C(SCC(=O)N1c3c(I)cccc3CCC1I)O2. The highest BCUT2D eigenvalue weighted by Gasteiger charge is 2.39. The Morgan fingerprint density at radius 1 is 1.50 bits per heavy atom. The van der Waals surface area contributed by atoms with Crippen molar-refractivity contribution in [1.82, 2.24) is 0 Å². The Bertz CT molecular complexity index is 852. The number of anilines is 1. The number of hydrogen-bond acceptors (Lipinski definition) is 4. The number of amides is 1. The maximum absolute atomic E-state index is 13.0. The van der Waals surface area contributed by atoms with E-state index in [0.717, 1.165) is 34.2 Å². The minimum absolute atomic E-state index is 0.109. The van der Waals surface area contributed by atoms with Gasteiger partial charge in [-0.25, -0.2) is 4.99 Å². The molecule has 2 atom stereocenters. The fourth-order valence-electron chi connectivity index (χ4n) is 3.41. The molecule has 0 fully saturated rings. The second-order valence-electron chi connectivity index (χ2n) is 6.67. The van der Waals surface area contributed by atoms with E-state index in [-0.39, 0.29) is 15.6 Å². The highest BCUT2D eigenvalue weighted by molar-refractivity contribution is 14.1. The Kier molecular flexibility index (Phi) is 5.39. The van der Waals surface area contributed by atoms with Gasteiger partial charge in [0, 0.05) is 9.99 Å². The third-order valence-corrected chi connectivity index (χ3v) is 7.66. The predicted octanol–water partition coefficient (Wildman–Crippen LogP) is 5.05. The van der Waals surface area contributed by atoms with E-state index < -0.39 is 0 Å². The summed E-state index contributed by atoms with van der Waals surface area (Å²) < 4.78 is 7.34. The van der Waals surface area contributed by atoms with Crippen LogP contribution in [-0.2, 0) is 16.0 Å². The monoisotopic (exact) mass is 592 g/mol. The number of ether oxygens (including phenoxy) is 1. The molecule has 0 saturated heterocycles. The van der Waals surface area contributed by atoms with Crippen molar-refractivity contribution in [2.24, 2.45) is 4.99 Å². The first-order chi connectivity index (χ1) is 12.5. The molecule has 2 aliphatic heterocycles. The molecule has 0 aromatic heterocycles. The van der Waals surface area contributed by atoms with Crippen LogP contribution in [0.3, 0.4) is 0 Å². The van der Waals surface area contributed by atoms with E-state index in [0.29, 0.717) is 11.0 Å². The largest absolute Gasteiger partial charge is 0.460 e. The molecule has 1 aromatic carbocycles. The second kappa shape index (κ2) is 7.46. The summed E-state index contributed by atoms with van der Waals surface area (Å²) in [5.41, 5.74) is 2.90. The number of alkyl halides is 1. The molecule has 0 saturated carbocycles. The summed E-state index contributed by atoms with van der Waals surface area (Å²) in [6.07, 6.45) is 8.90. The van der Waals surface area contributed by atoms with Gasteiger partial charge in [-0.05, 0) is 60.1 Å². The van der Waals surface area contributed by atoms with Crippen LogP contribution in [0.15, 0.2) is 47.1 Å². The number of carbonyl (C=O) groups is 1. The maximum Gasteiger partial charge on any atom is 0.252 e. The Labute approximate surface area is 184 Å². The molecule has 1 amide bonds. The fraction of sp³-hybridized carbons (Fsp3) is 0.368. The summed E-state index contributed by atoms with van der Waals surface area (Å²) in [5.74, 6) is 0.442. The smallest absolute Gasteiger partial charge is 0.252 e. The summed E-state index contributed by atoms with van der Waals surface area (Å²) in [4.78, 5) is 19.6. The molecule has 0 N–H and O–H groups in total. The molecule has 0 radical (unpaired) electrons. The van der Waals surface area contributed by atoms with Gasteiger partial charge in [-0.15, -0.1) is 0 Å². The average Bonchev–Trinajstić information content (AvgIpc) is 2.96. The summed E-state index contributed by atoms with van der Waals surface area (Å²) in [6.45, 7) is 2.05. The van der Waals surface area contributed by atoms with Gasteiger partial charge in [0.05, 0.1) is 21.2 Å². The quantitative estimate of drug-likeness (QED) is 0.274. The first-order valence-corrected chi connectivity index (χ1v) is 11.8. The molecule has 26 heavy (non-hydrogen) atoms. The molecule has 4 nitrogen and oxygen atoms in total. The van der Waals surface area contributed by atoms with Crippen LogP contribution in [0.5, 0.6) is 0 Å². The zero-order valence-corrected chi connectivity index (χ0v) is 19.4. The Balaban J connectivity index is 1.49. The average molecular weight is 592 g/mol. The Hall–Kier alpha value is -0.550. The van der Waals surface area contributed by atoms with E-state index in [1.54, 1.807) is 0 Å². The second-order valence-corrected chi connectivity index (χ2v) is 10.2. The van der Waals surface area contributed by atoms with Crippen molar-refractivity contribution < 1.29 is 9.53 Å². The topological polar surface area (TPSA) is 41.9 Å². The molecule has 3 aliphatic rings. The number of halogens is 2. The van der Waals surface area contributed by atoms with Gasteiger partial charge in [0.15, 0.2) is 5.60 Å². The summed E-state index contributed by atoms with van der Waals surface area (Å²) >= 11 is 6.10. The minimum Gasteiger partial charge on any atom is -0.460 e. The van der Waals surface area contributed by atoms with Crippen LogP contribution in [0.25, 0.3) is 0 Å². The molecule has 0 bridgehead atoms. The zero-order chi connectivity index (χ0) is 18.3. The van der Waals surface area contributed by atoms with Crippen molar-refractivity contribution in [3.63, 3.8) is 0 Å². The minimum atomic E-state index is -0.376. The zero-order valence-electron chi connectivity index (χ0n) is 14.2. The number of fused-ring (bicyclic) bond motifs is 2. The van der Waals surface area contributed by atoms with Gasteiger partial charge in [-0.2, -0.15) is 0 Å². The lowest BCUT2D eigenvalue weighted by molar-refractivity contribution is -0.116. The van der Waals surface area contributed by atoms with Crippen molar-refractivity contribution in [3.8, 4) is 0 Å². The highest BCUT2D eigenvalue weighted by atomic mass is 127. The molecule has 2 heterocycles. The van der Waals surface area contributed by atoms with Crippen LogP contribution in [0, 0.1) is 3.57 Å². The predicted molar refractivity (Wildman–Crippen MR) is 124 cm³/mol. The third-order valence-electron chi connectivity index (χ3n) is 4.79. The summed E-state index contributed by atoms with van der Waals surface area (Å²) in [7, 11) is 0. The maximum atomic E-state index is 13.0. The summed E-state index contributed by atoms with van der Waals surface area (Å²) in [6, 6.07) is 6.26. The molecule has 136 valence electrons. The van der Waals surface area contributed by atoms with E-state index in [4.69, 9.17) is 4.74 Å². The molecular weight excluding hydrogens is 574 g/mol. The Morgan fingerprint density at radius 3 is 3.15 bits per heavy atom. The van der Waals surface area contributed by atoms with Crippen molar-refractivity contribution in [2.75, 3.05) is 10.7 Å². The number of carbonyl (C=O) groups excluding carboxylic acids is 1. The number of allylic oxidation sites excluding steroid dienone is 2. The third kappa shape index (κ3) is 3.46. The van der Waals surface area contributed by atoms with Gasteiger partial charge in [-0.3, -0.25) is 9.69 Å². The van der Waals surface area contributed by atoms with Crippen molar-refractivity contribution in [3.05, 3.63) is 51.3 Å². The van der Waals surface area contributed by atoms with Crippen LogP contribution >= 0.6 is 56.9 Å². The molecule has 1 aromatic rings. The number of hydrogen-bond donors (Lipinski definition) is 0. The number of nitrogens with zero attached hydrogens (tertiary/aromatic N) is 2. The molecule has 2 unspecified atom stereocenters. The lowest BCUT2D eigenvalue weighted by Crippen LogP contribution is -2.42. The highest BCUT2D eigenvalue weighted by Crippen LogP contribution is 2.39. The van der Waals surface area contributed by atoms with Crippen LogP contribution < -0.4 is 4.90 Å². The van der Waals surface area contributed by atoms with Crippen molar-refractivity contribution >= 4 is 73.8 Å². The van der Waals surface area contributed by atoms with Crippen LogP contribution in [0.1, 0.15) is 25.3 Å². The normalized spacial score (nSPS) is 26.6. The molecule has 7 heteroatoms. The van der Waals surface area contributed by atoms with E-state index >= 15 is 0 Å². The van der Waals surface area contributed by atoms with Crippen molar-refractivity contribution in [2.45, 2.75) is 35.8 Å². The van der Waals surface area contributed by atoms with E-state index in [1.807, 2.05) is 24.0 Å². The van der Waals surface area contributed by atoms with Gasteiger partial charge in [-0.1, -0.05) is 58.6 Å². The first kappa shape index (κ1) is 18.8. The Morgan fingerprint density at radius 2 is 2.35 bits per heavy atom. The molecular formula is C19H18I2N2O2S. The first-order valence-electron chi connectivity index (χ1n) is 8.49. The van der Waals surface area contributed by atoms with Crippen LogP contribution in [0.2, 0.25) is 0 Å². The van der Waals surface area contributed by atoms with Crippen molar-refractivity contribution in [1.29, 1.82) is 0 Å². The van der Waals surface area contributed by atoms with E-state index in [2.05, 4.69) is 74.4 Å². The number of para-hydroxylation sites is 1. The van der Waals surface area contributed by atoms with Gasteiger partial charge >= 0.3 is 0 Å². The van der Waals surface area contributed by atoms with Crippen LogP contribution in [-0.4, -0.2) is 26.5 Å². The number of aliphatic imine (C=N–C) groups is 1. The van der Waals surface area contributed by atoms with Crippen LogP contribution in [0.4, 0.5) is 5.69 Å². The van der Waals surface area contributed by atoms with Gasteiger partial charge in [0.2, 0.25) is 5.91 Å². The van der Waals surface area contributed by atoms with Gasteiger partial charge in [0.1, 0.15) is 0 Å². The lowest BCUT2D eigenvalue weighted by atomic mass is 9.94. The number of rotatable bonds is 2. The molecule has 4 rings (SSSR count). The lowest BCUT2D eigenvalue weighted by Gasteiger charge is -2.35. The van der Waals surface area contributed by atoms with E-state index in [9.17, 15) is 4.79 Å². The number of benzene rings is 1. The number of thioether (sulfide) groups is 1. The van der Waals surface area contributed by atoms with Gasteiger partial charge < -0.3 is 4.74 Å².